The number of urea groups is 1. The Morgan fingerprint density at radius 2 is 1.74 bits per heavy atom. The first-order valence-electron chi connectivity index (χ1n) is 9.20. The fraction of sp³-hybridized carbons (Fsp3) is 0.450. The van der Waals surface area contributed by atoms with Crippen molar-refractivity contribution < 1.29 is 9.59 Å². The minimum Gasteiger partial charge on any atom is -0.342 e. The van der Waals surface area contributed by atoms with Crippen molar-refractivity contribution in [1.82, 2.24) is 24.3 Å². The van der Waals surface area contributed by atoms with E-state index in [0.717, 1.165) is 22.6 Å². The van der Waals surface area contributed by atoms with Crippen molar-refractivity contribution in [3.63, 3.8) is 0 Å². The van der Waals surface area contributed by atoms with Gasteiger partial charge in [-0.25, -0.2) is 4.79 Å². The quantitative estimate of drug-likeness (QED) is 0.831. The van der Waals surface area contributed by atoms with E-state index in [1.165, 1.54) is 0 Å². The van der Waals surface area contributed by atoms with Crippen molar-refractivity contribution in [2.24, 2.45) is 0 Å². The molecule has 3 rings (SSSR count). The van der Waals surface area contributed by atoms with E-state index in [-0.39, 0.29) is 11.9 Å². The van der Waals surface area contributed by atoms with Crippen LogP contribution in [0.15, 0.2) is 30.5 Å². The van der Waals surface area contributed by atoms with Crippen molar-refractivity contribution in [2.75, 3.05) is 40.3 Å². The number of aromatic nitrogens is 2. The molecule has 0 atom stereocenters. The molecule has 1 saturated heterocycles. The molecule has 27 heavy (non-hydrogen) atoms. The van der Waals surface area contributed by atoms with E-state index in [1.807, 2.05) is 43.0 Å². The zero-order chi connectivity index (χ0) is 19.6. The van der Waals surface area contributed by atoms with Crippen molar-refractivity contribution in [3.8, 4) is 0 Å². The van der Waals surface area contributed by atoms with Gasteiger partial charge in [0.25, 0.3) is 5.91 Å². The summed E-state index contributed by atoms with van der Waals surface area (Å²) >= 11 is 0. The van der Waals surface area contributed by atoms with Crippen LogP contribution in [0.5, 0.6) is 0 Å². The lowest BCUT2D eigenvalue weighted by Gasteiger charge is -2.36. The third-order valence-electron chi connectivity index (χ3n) is 5.07. The SMILES string of the molecule is Cc1cc(C(=O)N2CCN(C(=O)N(C)C)CC2)c(C)n1Cc1ccccn1. The van der Waals surface area contributed by atoms with Crippen molar-refractivity contribution in [3.05, 3.63) is 53.1 Å². The van der Waals surface area contributed by atoms with Crippen LogP contribution >= 0.6 is 0 Å². The molecular formula is C20H27N5O2. The second-order valence-electron chi connectivity index (χ2n) is 7.15. The maximum Gasteiger partial charge on any atom is 0.319 e. The van der Waals surface area contributed by atoms with Gasteiger partial charge < -0.3 is 19.3 Å². The molecule has 3 amide bonds. The van der Waals surface area contributed by atoms with Gasteiger partial charge in [-0.15, -0.1) is 0 Å². The van der Waals surface area contributed by atoms with Crippen LogP contribution in [0.25, 0.3) is 0 Å². The van der Waals surface area contributed by atoms with Gasteiger partial charge in [0.15, 0.2) is 0 Å². The van der Waals surface area contributed by atoms with Gasteiger partial charge in [0.2, 0.25) is 0 Å². The van der Waals surface area contributed by atoms with Crippen molar-refractivity contribution >= 4 is 11.9 Å². The maximum absolute atomic E-state index is 13.0. The Balaban J connectivity index is 1.71. The highest BCUT2D eigenvalue weighted by Crippen LogP contribution is 2.19. The van der Waals surface area contributed by atoms with Crippen LogP contribution in [0.1, 0.15) is 27.4 Å². The maximum atomic E-state index is 13.0. The molecule has 0 radical (unpaired) electrons. The minimum atomic E-state index is -0.00404. The molecule has 0 aromatic carbocycles. The number of hydrogen-bond donors (Lipinski definition) is 0. The Hall–Kier alpha value is -2.83. The summed E-state index contributed by atoms with van der Waals surface area (Å²) in [6, 6.07) is 7.81. The van der Waals surface area contributed by atoms with Gasteiger partial charge in [-0.1, -0.05) is 6.07 Å². The van der Waals surface area contributed by atoms with E-state index in [9.17, 15) is 9.59 Å². The number of pyridine rings is 1. The van der Waals surface area contributed by atoms with E-state index in [0.29, 0.717) is 32.7 Å². The number of nitrogens with zero attached hydrogens (tertiary/aromatic N) is 5. The predicted molar refractivity (Wildman–Crippen MR) is 104 cm³/mol. The zero-order valence-corrected chi connectivity index (χ0v) is 16.5. The summed E-state index contributed by atoms with van der Waals surface area (Å²) in [4.78, 5) is 34.7. The molecule has 2 aromatic rings. The summed E-state index contributed by atoms with van der Waals surface area (Å²) in [6.07, 6.45) is 1.78. The van der Waals surface area contributed by atoms with Gasteiger partial charge in [0.05, 0.1) is 17.8 Å². The van der Waals surface area contributed by atoms with Gasteiger partial charge in [-0.3, -0.25) is 9.78 Å². The molecule has 0 saturated carbocycles. The van der Waals surface area contributed by atoms with Crippen LogP contribution in [0.2, 0.25) is 0 Å². The second kappa shape index (κ2) is 7.82. The van der Waals surface area contributed by atoms with Gasteiger partial charge >= 0.3 is 6.03 Å². The lowest BCUT2D eigenvalue weighted by molar-refractivity contribution is 0.0649. The molecule has 7 nitrogen and oxygen atoms in total. The molecular weight excluding hydrogens is 342 g/mol. The monoisotopic (exact) mass is 369 g/mol. The Kier molecular flexibility index (Phi) is 5.48. The molecule has 7 heteroatoms. The van der Waals surface area contributed by atoms with Crippen LogP contribution < -0.4 is 0 Å². The standard InChI is InChI=1S/C20H27N5O2/c1-15-13-18(16(2)25(15)14-17-7-5-6-8-21-17)19(26)23-9-11-24(12-10-23)20(27)22(3)4/h5-8,13H,9-12,14H2,1-4H3. The number of rotatable bonds is 3. The van der Waals surface area contributed by atoms with E-state index >= 15 is 0 Å². The fourth-order valence-electron chi connectivity index (χ4n) is 3.47. The van der Waals surface area contributed by atoms with Crippen molar-refractivity contribution in [2.45, 2.75) is 20.4 Å². The summed E-state index contributed by atoms with van der Waals surface area (Å²) in [7, 11) is 3.49. The van der Waals surface area contributed by atoms with Gasteiger partial charge in [-0.2, -0.15) is 0 Å². The number of amides is 3. The van der Waals surface area contributed by atoms with Gasteiger partial charge in [0.1, 0.15) is 0 Å². The minimum absolute atomic E-state index is 0.00404. The number of hydrogen-bond acceptors (Lipinski definition) is 3. The highest BCUT2D eigenvalue weighted by Gasteiger charge is 2.27. The summed E-state index contributed by atoms with van der Waals surface area (Å²) in [6.45, 7) is 6.89. The topological polar surface area (TPSA) is 61.7 Å². The molecule has 0 N–H and O–H groups in total. The lowest BCUT2D eigenvalue weighted by Crippen LogP contribution is -2.52. The first-order valence-corrected chi connectivity index (χ1v) is 9.20. The fourth-order valence-corrected chi connectivity index (χ4v) is 3.47. The molecule has 1 aliphatic rings. The third-order valence-corrected chi connectivity index (χ3v) is 5.07. The zero-order valence-electron chi connectivity index (χ0n) is 16.5. The van der Waals surface area contributed by atoms with Gasteiger partial charge in [-0.05, 0) is 32.0 Å². The van der Waals surface area contributed by atoms with Crippen LogP contribution in [-0.4, -0.2) is 76.5 Å². The number of piperazine rings is 1. The van der Waals surface area contributed by atoms with E-state index in [4.69, 9.17) is 0 Å². The Morgan fingerprint density at radius 1 is 1.07 bits per heavy atom. The first-order chi connectivity index (χ1) is 12.9. The summed E-state index contributed by atoms with van der Waals surface area (Å²) in [5.74, 6) is 0.0346. The third kappa shape index (κ3) is 3.97. The van der Waals surface area contributed by atoms with Crippen molar-refractivity contribution in [1.29, 1.82) is 0 Å². The van der Waals surface area contributed by atoms with Crippen LogP contribution in [0.3, 0.4) is 0 Å². The number of carbonyl (C=O) groups excluding carboxylic acids is 2. The Bertz CT molecular complexity index is 820. The van der Waals surface area contributed by atoms with E-state index < -0.39 is 0 Å². The summed E-state index contributed by atoms with van der Waals surface area (Å²) in [5.41, 5.74) is 3.70. The average molecular weight is 369 g/mol. The average Bonchev–Trinajstić information content (AvgIpc) is 2.96. The Labute approximate surface area is 160 Å². The predicted octanol–water partition coefficient (Wildman–Crippen LogP) is 1.99. The lowest BCUT2D eigenvalue weighted by atomic mass is 10.2. The molecule has 144 valence electrons. The largest absolute Gasteiger partial charge is 0.342 e. The molecule has 0 aliphatic carbocycles. The number of carbonyl (C=O) groups is 2. The normalized spacial score (nSPS) is 14.4. The first kappa shape index (κ1) is 18.9. The summed E-state index contributed by atoms with van der Waals surface area (Å²) < 4.78 is 2.13. The molecule has 0 unspecified atom stereocenters. The molecule has 0 spiro atoms. The van der Waals surface area contributed by atoms with Crippen LogP contribution in [-0.2, 0) is 6.54 Å². The number of aryl methyl sites for hydroxylation is 1. The van der Waals surface area contributed by atoms with Gasteiger partial charge in [0, 0.05) is 57.9 Å². The summed E-state index contributed by atoms with van der Waals surface area (Å²) in [5, 5.41) is 0. The van der Waals surface area contributed by atoms with E-state index in [1.54, 1.807) is 30.1 Å². The Morgan fingerprint density at radius 3 is 2.33 bits per heavy atom. The second-order valence-corrected chi connectivity index (χ2v) is 7.15. The highest BCUT2D eigenvalue weighted by atomic mass is 16.2. The molecule has 0 bridgehead atoms. The molecule has 1 fully saturated rings. The molecule has 3 heterocycles. The van der Waals surface area contributed by atoms with Crippen LogP contribution in [0.4, 0.5) is 4.79 Å². The van der Waals surface area contributed by atoms with E-state index in [2.05, 4.69) is 9.55 Å². The molecule has 2 aromatic heterocycles. The smallest absolute Gasteiger partial charge is 0.319 e. The molecule has 1 aliphatic heterocycles. The highest BCUT2D eigenvalue weighted by molar-refractivity contribution is 5.96. The van der Waals surface area contributed by atoms with Crippen LogP contribution in [0, 0.1) is 13.8 Å².